The van der Waals surface area contributed by atoms with Gasteiger partial charge in [0.05, 0.1) is 11.3 Å². The van der Waals surface area contributed by atoms with Gasteiger partial charge in [-0.1, -0.05) is 41.9 Å². The third-order valence-electron chi connectivity index (χ3n) is 2.92. The first-order valence-corrected chi connectivity index (χ1v) is 7.62. The van der Waals surface area contributed by atoms with E-state index in [2.05, 4.69) is 10.6 Å². The number of hydrogen-bond donors (Lipinski definition) is 3. The molecule has 0 spiro atoms. The fourth-order valence-corrected chi connectivity index (χ4v) is 2.23. The molecule has 5 nitrogen and oxygen atoms in total. The molecule has 0 aliphatic heterocycles. The number of amides is 1. The van der Waals surface area contributed by atoms with Crippen molar-refractivity contribution in [3.8, 4) is 0 Å². The Morgan fingerprint density at radius 3 is 2.50 bits per heavy atom. The van der Waals surface area contributed by atoms with Gasteiger partial charge < -0.3 is 10.4 Å². The van der Waals surface area contributed by atoms with Crippen molar-refractivity contribution in [2.24, 2.45) is 0 Å². The first kappa shape index (κ1) is 17.7. The number of carbonyl (C=O) groups excluding carboxylic acids is 1. The van der Waals surface area contributed by atoms with Gasteiger partial charge in [-0.15, -0.1) is 0 Å². The summed E-state index contributed by atoms with van der Waals surface area (Å²) in [5.41, 5.74) is 1.07. The topological polar surface area (TPSA) is 78.4 Å². The Kier molecular flexibility index (Phi) is 6.06. The zero-order chi connectivity index (χ0) is 17.5. The number of carboxylic acids is 1. The van der Waals surface area contributed by atoms with E-state index < -0.39 is 11.9 Å². The van der Waals surface area contributed by atoms with E-state index >= 15 is 0 Å². The van der Waals surface area contributed by atoms with Gasteiger partial charge in [-0.25, -0.2) is 4.79 Å². The minimum Gasteiger partial charge on any atom is -0.478 e. The molecule has 0 aliphatic carbocycles. The Morgan fingerprint density at radius 2 is 1.83 bits per heavy atom. The van der Waals surface area contributed by atoms with Crippen LogP contribution < -0.4 is 10.6 Å². The van der Waals surface area contributed by atoms with Crippen LogP contribution in [0.2, 0.25) is 5.02 Å². The second-order valence-electron chi connectivity index (χ2n) is 4.68. The van der Waals surface area contributed by atoms with Crippen LogP contribution in [0.4, 0.5) is 5.69 Å². The molecule has 0 saturated heterocycles. The van der Waals surface area contributed by atoms with E-state index in [9.17, 15) is 9.59 Å². The highest BCUT2D eigenvalue weighted by Gasteiger charge is 2.12. The molecule has 7 heteroatoms. The normalized spacial score (nSPS) is 10.4. The summed E-state index contributed by atoms with van der Waals surface area (Å²) in [7, 11) is 0. The van der Waals surface area contributed by atoms with Crippen molar-refractivity contribution < 1.29 is 14.7 Å². The van der Waals surface area contributed by atoms with E-state index in [1.165, 1.54) is 24.3 Å². The van der Waals surface area contributed by atoms with Crippen LogP contribution in [0.5, 0.6) is 0 Å². The van der Waals surface area contributed by atoms with Gasteiger partial charge in [-0.2, -0.15) is 0 Å². The minimum absolute atomic E-state index is 0.0115. The van der Waals surface area contributed by atoms with Gasteiger partial charge in [-0.3, -0.25) is 10.1 Å². The number of carboxylic acid groups (broad SMARTS) is 1. The number of halogens is 1. The molecule has 0 saturated carbocycles. The third-order valence-corrected chi connectivity index (χ3v) is 3.36. The second kappa shape index (κ2) is 8.24. The number of carbonyl (C=O) groups is 2. The van der Waals surface area contributed by atoms with E-state index in [1.807, 2.05) is 30.3 Å². The summed E-state index contributed by atoms with van der Waals surface area (Å²) in [6.07, 6.45) is 2.98. The maximum absolute atomic E-state index is 11.8. The summed E-state index contributed by atoms with van der Waals surface area (Å²) in [6.45, 7) is 0. The Balaban J connectivity index is 2.00. The molecule has 0 heterocycles. The van der Waals surface area contributed by atoms with Crippen LogP contribution in [0.25, 0.3) is 6.08 Å². The molecule has 0 bridgehead atoms. The summed E-state index contributed by atoms with van der Waals surface area (Å²) in [5.74, 6) is -1.58. The van der Waals surface area contributed by atoms with E-state index in [0.29, 0.717) is 5.02 Å². The number of thiocarbonyl (C=S) groups is 1. The standard InChI is InChI=1S/C17H13ClN2O3S/c18-12-7-8-14(13(10-12)16(22)23)19-17(24)20-15(21)9-6-11-4-2-1-3-5-11/h1-10H,(H,22,23)(H2,19,20,21,24)/b9-6+. The Labute approximate surface area is 149 Å². The Hall–Kier alpha value is -2.70. The molecule has 0 aliphatic rings. The number of rotatable bonds is 4. The molecule has 0 fully saturated rings. The van der Waals surface area contributed by atoms with Crippen molar-refractivity contribution in [1.29, 1.82) is 0 Å². The van der Waals surface area contributed by atoms with Crippen LogP contribution in [0.15, 0.2) is 54.6 Å². The maximum atomic E-state index is 11.8. The number of aromatic carboxylic acids is 1. The highest BCUT2D eigenvalue weighted by Crippen LogP contribution is 2.20. The number of nitrogens with one attached hydrogen (secondary N) is 2. The molecule has 122 valence electrons. The lowest BCUT2D eigenvalue weighted by Crippen LogP contribution is -2.33. The third kappa shape index (κ3) is 5.19. The van der Waals surface area contributed by atoms with Crippen molar-refractivity contribution in [2.45, 2.75) is 0 Å². The molecule has 3 N–H and O–H groups in total. The number of anilines is 1. The van der Waals surface area contributed by atoms with Crippen molar-refractivity contribution in [2.75, 3.05) is 5.32 Å². The number of hydrogen-bond acceptors (Lipinski definition) is 3. The molecule has 0 aromatic heterocycles. The maximum Gasteiger partial charge on any atom is 0.337 e. The average molecular weight is 361 g/mol. The fourth-order valence-electron chi connectivity index (χ4n) is 1.85. The quantitative estimate of drug-likeness (QED) is 0.574. The van der Waals surface area contributed by atoms with Gasteiger partial charge in [0.15, 0.2) is 5.11 Å². The van der Waals surface area contributed by atoms with Gasteiger partial charge in [0.2, 0.25) is 5.91 Å². The van der Waals surface area contributed by atoms with Crippen molar-refractivity contribution in [1.82, 2.24) is 5.32 Å². The van der Waals surface area contributed by atoms with Crippen LogP contribution in [-0.2, 0) is 4.79 Å². The Morgan fingerprint density at radius 1 is 1.12 bits per heavy atom. The first-order valence-electron chi connectivity index (χ1n) is 6.83. The molecule has 24 heavy (non-hydrogen) atoms. The summed E-state index contributed by atoms with van der Waals surface area (Å²) < 4.78 is 0. The van der Waals surface area contributed by atoms with E-state index in [4.69, 9.17) is 28.9 Å². The fraction of sp³-hybridized carbons (Fsp3) is 0. The van der Waals surface area contributed by atoms with Gasteiger partial charge in [-0.05, 0) is 42.1 Å². The summed E-state index contributed by atoms with van der Waals surface area (Å²) in [5, 5.41) is 14.6. The molecule has 2 aromatic carbocycles. The molecule has 0 atom stereocenters. The van der Waals surface area contributed by atoms with Gasteiger partial charge in [0, 0.05) is 11.1 Å². The van der Waals surface area contributed by atoms with Crippen LogP contribution >= 0.6 is 23.8 Å². The lowest BCUT2D eigenvalue weighted by atomic mass is 10.2. The zero-order valence-electron chi connectivity index (χ0n) is 12.3. The molecular formula is C17H13ClN2O3S. The minimum atomic E-state index is -1.15. The van der Waals surface area contributed by atoms with Crippen molar-refractivity contribution in [3.05, 3.63) is 70.8 Å². The van der Waals surface area contributed by atoms with Crippen molar-refractivity contribution >= 4 is 52.6 Å². The van der Waals surface area contributed by atoms with E-state index in [0.717, 1.165) is 5.56 Å². The summed E-state index contributed by atoms with van der Waals surface area (Å²) in [4.78, 5) is 23.0. The van der Waals surface area contributed by atoms with Crippen LogP contribution in [0.1, 0.15) is 15.9 Å². The van der Waals surface area contributed by atoms with Crippen LogP contribution in [0.3, 0.4) is 0 Å². The van der Waals surface area contributed by atoms with Crippen LogP contribution in [0, 0.1) is 0 Å². The molecule has 0 radical (unpaired) electrons. The zero-order valence-corrected chi connectivity index (χ0v) is 13.9. The highest BCUT2D eigenvalue weighted by atomic mass is 35.5. The van der Waals surface area contributed by atoms with Crippen LogP contribution in [-0.4, -0.2) is 22.1 Å². The smallest absolute Gasteiger partial charge is 0.337 e. The second-order valence-corrected chi connectivity index (χ2v) is 5.53. The summed E-state index contributed by atoms with van der Waals surface area (Å²) in [6, 6.07) is 13.6. The molecule has 2 aromatic rings. The van der Waals surface area contributed by atoms with Gasteiger partial charge >= 0.3 is 5.97 Å². The number of benzene rings is 2. The SMILES string of the molecule is O=C(/C=C/c1ccccc1)NC(=S)Nc1ccc(Cl)cc1C(=O)O. The van der Waals surface area contributed by atoms with Gasteiger partial charge in [0.25, 0.3) is 0 Å². The summed E-state index contributed by atoms with van der Waals surface area (Å²) >= 11 is 10.8. The lowest BCUT2D eigenvalue weighted by molar-refractivity contribution is -0.115. The lowest BCUT2D eigenvalue weighted by Gasteiger charge is -2.11. The molecule has 0 unspecified atom stereocenters. The first-order chi connectivity index (χ1) is 11.5. The Bertz CT molecular complexity index is 807. The van der Waals surface area contributed by atoms with E-state index in [1.54, 1.807) is 6.08 Å². The van der Waals surface area contributed by atoms with Crippen molar-refractivity contribution in [3.63, 3.8) is 0 Å². The predicted molar refractivity (Wildman–Crippen MR) is 98.3 cm³/mol. The van der Waals surface area contributed by atoms with Gasteiger partial charge in [0.1, 0.15) is 0 Å². The molecule has 1 amide bonds. The highest BCUT2D eigenvalue weighted by molar-refractivity contribution is 7.80. The molecule has 2 rings (SSSR count). The monoisotopic (exact) mass is 360 g/mol. The van der Waals surface area contributed by atoms with E-state index in [-0.39, 0.29) is 16.4 Å². The average Bonchev–Trinajstić information content (AvgIpc) is 2.55. The largest absolute Gasteiger partial charge is 0.478 e. The predicted octanol–water partition coefficient (Wildman–Crippen LogP) is 3.56. The molecular weight excluding hydrogens is 348 g/mol.